The average molecular weight is 427 g/mol. The number of imide groups is 1. The molecule has 3 amide bonds. The zero-order chi connectivity index (χ0) is 22.7. The van der Waals surface area contributed by atoms with E-state index in [1.165, 1.54) is 0 Å². The van der Waals surface area contributed by atoms with Gasteiger partial charge in [-0.05, 0) is 41.7 Å². The summed E-state index contributed by atoms with van der Waals surface area (Å²) in [6.07, 6.45) is 1.77. The van der Waals surface area contributed by atoms with Gasteiger partial charge in [-0.15, -0.1) is 0 Å². The van der Waals surface area contributed by atoms with Crippen LogP contribution in [0.3, 0.4) is 0 Å². The van der Waals surface area contributed by atoms with Crippen molar-refractivity contribution in [3.8, 4) is 0 Å². The quantitative estimate of drug-likeness (QED) is 0.559. The predicted octanol–water partition coefficient (Wildman–Crippen LogP) is 4.66. The minimum absolute atomic E-state index is 0.244. The second-order valence-electron chi connectivity index (χ2n) is 7.88. The lowest BCUT2D eigenvalue weighted by atomic mass is 10.0. The molecular formula is C27H26N2O3. The number of nitrogens with zero attached hydrogens (tertiary/aromatic N) is 1. The van der Waals surface area contributed by atoms with E-state index in [-0.39, 0.29) is 12.3 Å². The first kappa shape index (κ1) is 21.5. The smallest absolute Gasteiger partial charge is 0.262 e. The van der Waals surface area contributed by atoms with Crippen LogP contribution in [0.5, 0.6) is 0 Å². The van der Waals surface area contributed by atoms with Crippen LogP contribution in [0.1, 0.15) is 51.3 Å². The van der Waals surface area contributed by atoms with Gasteiger partial charge < -0.3 is 5.32 Å². The maximum atomic E-state index is 13.6. The first-order chi connectivity index (χ1) is 15.5. The monoisotopic (exact) mass is 426 g/mol. The van der Waals surface area contributed by atoms with Gasteiger partial charge in [-0.2, -0.15) is 0 Å². The summed E-state index contributed by atoms with van der Waals surface area (Å²) in [5.74, 6) is -1.22. The van der Waals surface area contributed by atoms with Crippen LogP contribution in [-0.4, -0.2) is 28.7 Å². The molecule has 162 valence electrons. The highest BCUT2D eigenvalue weighted by molar-refractivity contribution is 6.23. The number of aryl methyl sites for hydroxylation is 2. The molecule has 1 heterocycles. The zero-order valence-electron chi connectivity index (χ0n) is 18.3. The Morgan fingerprint density at radius 2 is 1.31 bits per heavy atom. The van der Waals surface area contributed by atoms with E-state index in [2.05, 4.69) is 5.32 Å². The van der Waals surface area contributed by atoms with Crippen molar-refractivity contribution in [2.45, 2.75) is 39.2 Å². The Balaban J connectivity index is 1.72. The summed E-state index contributed by atoms with van der Waals surface area (Å²) in [5, 5.41) is 3.06. The van der Waals surface area contributed by atoms with Crippen LogP contribution < -0.4 is 5.32 Å². The van der Waals surface area contributed by atoms with Gasteiger partial charge in [-0.25, -0.2) is 0 Å². The van der Waals surface area contributed by atoms with Gasteiger partial charge >= 0.3 is 0 Å². The van der Waals surface area contributed by atoms with Gasteiger partial charge in [0.25, 0.3) is 11.8 Å². The molecule has 0 radical (unpaired) electrons. The summed E-state index contributed by atoms with van der Waals surface area (Å²) in [5.41, 5.74) is 4.39. The van der Waals surface area contributed by atoms with Crippen molar-refractivity contribution in [2.24, 2.45) is 0 Å². The first-order valence-electron chi connectivity index (χ1n) is 11.0. The van der Waals surface area contributed by atoms with Crippen LogP contribution in [0.15, 0.2) is 72.8 Å². The molecule has 0 spiro atoms. The predicted molar refractivity (Wildman–Crippen MR) is 125 cm³/mol. The SMILES string of the molecule is CCc1cccc(CC)c1NC(=O)C(Cc1ccccc1)N1C(=O)c2ccccc2C1=O. The number of carbonyl (C=O) groups excluding carboxylic acids is 3. The van der Waals surface area contributed by atoms with E-state index in [0.29, 0.717) is 11.1 Å². The molecule has 0 aromatic heterocycles. The molecule has 3 aromatic carbocycles. The highest BCUT2D eigenvalue weighted by atomic mass is 16.2. The van der Waals surface area contributed by atoms with Crippen molar-refractivity contribution in [2.75, 3.05) is 5.32 Å². The van der Waals surface area contributed by atoms with Gasteiger partial charge in [0.2, 0.25) is 5.91 Å². The lowest BCUT2D eigenvalue weighted by molar-refractivity contribution is -0.119. The van der Waals surface area contributed by atoms with Crippen LogP contribution in [0.2, 0.25) is 0 Å². The highest BCUT2D eigenvalue weighted by Gasteiger charge is 2.42. The Kier molecular flexibility index (Phi) is 6.17. The lowest BCUT2D eigenvalue weighted by Crippen LogP contribution is -2.48. The van der Waals surface area contributed by atoms with Crippen molar-refractivity contribution in [3.63, 3.8) is 0 Å². The molecule has 5 nitrogen and oxygen atoms in total. The van der Waals surface area contributed by atoms with Crippen molar-refractivity contribution >= 4 is 23.4 Å². The molecule has 1 N–H and O–H groups in total. The Bertz CT molecular complexity index is 1110. The third kappa shape index (κ3) is 3.94. The molecule has 0 saturated heterocycles. The molecule has 4 rings (SSSR count). The van der Waals surface area contributed by atoms with E-state index in [0.717, 1.165) is 40.1 Å². The molecule has 3 aromatic rings. The Labute approximate surface area is 188 Å². The number of hydrogen-bond acceptors (Lipinski definition) is 3. The maximum absolute atomic E-state index is 13.6. The topological polar surface area (TPSA) is 66.5 Å². The number of anilines is 1. The first-order valence-corrected chi connectivity index (χ1v) is 11.0. The minimum atomic E-state index is -0.959. The summed E-state index contributed by atoms with van der Waals surface area (Å²) >= 11 is 0. The van der Waals surface area contributed by atoms with Crippen LogP contribution >= 0.6 is 0 Å². The molecule has 1 unspecified atom stereocenters. The molecule has 0 bridgehead atoms. The van der Waals surface area contributed by atoms with Crippen LogP contribution in [-0.2, 0) is 24.1 Å². The van der Waals surface area contributed by atoms with E-state index in [1.54, 1.807) is 24.3 Å². The molecule has 0 fully saturated rings. The number of para-hydroxylation sites is 1. The summed E-state index contributed by atoms with van der Waals surface area (Å²) in [7, 11) is 0. The number of fused-ring (bicyclic) bond motifs is 1. The number of rotatable bonds is 7. The molecule has 32 heavy (non-hydrogen) atoms. The molecule has 1 aliphatic rings. The molecule has 5 heteroatoms. The van der Waals surface area contributed by atoms with Crippen LogP contribution in [0.4, 0.5) is 5.69 Å². The average Bonchev–Trinajstić information content (AvgIpc) is 3.08. The van der Waals surface area contributed by atoms with Crippen molar-refractivity contribution in [1.29, 1.82) is 0 Å². The Morgan fingerprint density at radius 1 is 0.781 bits per heavy atom. The fourth-order valence-corrected chi connectivity index (χ4v) is 4.24. The number of nitrogens with one attached hydrogen (secondary N) is 1. The number of hydrogen-bond donors (Lipinski definition) is 1. The summed E-state index contributed by atoms with van der Waals surface area (Å²) in [6.45, 7) is 4.08. The third-order valence-electron chi connectivity index (χ3n) is 5.96. The van der Waals surface area contributed by atoms with Crippen molar-refractivity contribution in [1.82, 2.24) is 4.90 Å². The normalized spacial score (nSPS) is 13.8. The van der Waals surface area contributed by atoms with Gasteiger partial charge in [0.05, 0.1) is 11.1 Å². The fourth-order valence-electron chi connectivity index (χ4n) is 4.24. The third-order valence-corrected chi connectivity index (χ3v) is 5.96. The number of carbonyl (C=O) groups is 3. The van der Waals surface area contributed by atoms with Gasteiger partial charge in [0, 0.05) is 12.1 Å². The van der Waals surface area contributed by atoms with Crippen LogP contribution in [0.25, 0.3) is 0 Å². The number of benzene rings is 3. The zero-order valence-corrected chi connectivity index (χ0v) is 18.3. The second kappa shape index (κ2) is 9.18. The van der Waals surface area contributed by atoms with E-state index in [4.69, 9.17) is 0 Å². The highest BCUT2D eigenvalue weighted by Crippen LogP contribution is 2.28. The largest absolute Gasteiger partial charge is 0.324 e. The molecule has 0 saturated carbocycles. The molecular weight excluding hydrogens is 400 g/mol. The van der Waals surface area contributed by atoms with Gasteiger partial charge in [0.1, 0.15) is 6.04 Å². The summed E-state index contributed by atoms with van der Waals surface area (Å²) in [6, 6.07) is 21.2. The van der Waals surface area contributed by atoms with E-state index in [1.807, 2.05) is 62.4 Å². The second-order valence-corrected chi connectivity index (χ2v) is 7.88. The molecule has 1 atom stereocenters. The lowest BCUT2D eigenvalue weighted by Gasteiger charge is -2.26. The number of amides is 3. The standard InChI is InChI=1S/C27H26N2O3/c1-3-19-13-10-14-20(4-2)24(19)28-25(30)23(17-18-11-6-5-7-12-18)29-26(31)21-15-8-9-16-22(21)27(29)32/h5-16,23H,3-4,17H2,1-2H3,(H,28,30). The van der Waals surface area contributed by atoms with Crippen molar-refractivity contribution < 1.29 is 14.4 Å². The van der Waals surface area contributed by atoms with E-state index >= 15 is 0 Å². The van der Waals surface area contributed by atoms with E-state index < -0.39 is 17.9 Å². The fraction of sp³-hybridized carbons (Fsp3) is 0.222. The Hall–Kier alpha value is -3.73. The van der Waals surface area contributed by atoms with Gasteiger partial charge in [0.15, 0.2) is 0 Å². The minimum Gasteiger partial charge on any atom is -0.324 e. The van der Waals surface area contributed by atoms with Gasteiger partial charge in [-0.3, -0.25) is 19.3 Å². The Morgan fingerprint density at radius 3 is 1.84 bits per heavy atom. The van der Waals surface area contributed by atoms with E-state index in [9.17, 15) is 14.4 Å². The summed E-state index contributed by atoms with van der Waals surface area (Å²) < 4.78 is 0. The summed E-state index contributed by atoms with van der Waals surface area (Å²) in [4.78, 5) is 41.1. The molecule has 1 aliphatic heterocycles. The molecule has 0 aliphatic carbocycles. The van der Waals surface area contributed by atoms with Crippen LogP contribution in [0, 0.1) is 0 Å². The van der Waals surface area contributed by atoms with Gasteiger partial charge in [-0.1, -0.05) is 74.5 Å². The maximum Gasteiger partial charge on any atom is 0.262 e. The van der Waals surface area contributed by atoms with Crippen molar-refractivity contribution in [3.05, 3.63) is 101 Å².